The molecule has 0 spiro atoms. The normalized spacial score (nSPS) is 18.1. The van der Waals surface area contributed by atoms with Gasteiger partial charge in [-0.05, 0) is 37.7 Å². The summed E-state index contributed by atoms with van der Waals surface area (Å²) < 4.78 is 31.9. The van der Waals surface area contributed by atoms with E-state index in [1.165, 1.54) is 7.11 Å². The third kappa shape index (κ3) is 8.18. The number of imidazole rings is 1. The highest BCUT2D eigenvalue weighted by atomic mass is 19.1. The van der Waals surface area contributed by atoms with E-state index in [-0.39, 0.29) is 43.9 Å². The van der Waals surface area contributed by atoms with Crippen LogP contribution in [-0.2, 0) is 31.4 Å². The van der Waals surface area contributed by atoms with Gasteiger partial charge < -0.3 is 45.3 Å². The lowest BCUT2D eigenvalue weighted by molar-refractivity contribution is -0.115. The van der Waals surface area contributed by atoms with Gasteiger partial charge in [-0.25, -0.2) is 19.3 Å². The number of nitrogens with two attached hydrogens (primary N) is 1. The molecule has 0 aromatic carbocycles. The van der Waals surface area contributed by atoms with Gasteiger partial charge in [0.15, 0.2) is 22.6 Å². The SMILES string of the molecule is C=C(C(N)=O)[C@@H]1CN(c2nc(Nc3cn(CCOc4ccc(CNc5cc(N6CCCC[C@H]6CCO)nc6c(CC)cnn56)cn4)nc3OC)c3ncn(C)c3n2)C[C@@H]1F. The largest absolute Gasteiger partial charge is 0.478 e. The maximum absolute atomic E-state index is 15.0. The number of anilines is 5. The summed E-state index contributed by atoms with van der Waals surface area (Å²) in [5.74, 6) is 1.65. The number of fused-ring (bicyclic) bond motifs is 2. The molecule has 0 bridgehead atoms. The van der Waals surface area contributed by atoms with Crippen LogP contribution in [0.2, 0.25) is 0 Å². The average molecular weight is 824 g/mol. The highest BCUT2D eigenvalue weighted by molar-refractivity contribution is 5.92. The number of nitrogens with one attached hydrogen (secondary N) is 2. The van der Waals surface area contributed by atoms with E-state index in [0.717, 1.165) is 67.1 Å². The van der Waals surface area contributed by atoms with Gasteiger partial charge in [-0.3, -0.25) is 9.48 Å². The third-order valence-electron chi connectivity index (χ3n) is 11.2. The monoisotopic (exact) mass is 823 g/mol. The second-order valence-electron chi connectivity index (χ2n) is 15.1. The van der Waals surface area contributed by atoms with Crippen LogP contribution in [0.1, 0.15) is 43.7 Å². The van der Waals surface area contributed by atoms with E-state index in [0.29, 0.717) is 47.5 Å². The molecule has 60 heavy (non-hydrogen) atoms. The minimum atomic E-state index is -1.36. The first kappa shape index (κ1) is 40.2. The topological polar surface area (TPSA) is 217 Å². The Morgan fingerprint density at radius 3 is 2.77 bits per heavy atom. The summed E-state index contributed by atoms with van der Waals surface area (Å²) in [5, 5.41) is 25.7. The Morgan fingerprint density at radius 2 is 2.00 bits per heavy atom. The summed E-state index contributed by atoms with van der Waals surface area (Å²) in [4.78, 5) is 39.2. The molecule has 19 nitrogen and oxygen atoms in total. The number of amides is 1. The number of aryl methyl sites for hydroxylation is 2. The summed E-state index contributed by atoms with van der Waals surface area (Å²) in [6.45, 7) is 8.15. The summed E-state index contributed by atoms with van der Waals surface area (Å²) in [5.41, 5.74) is 9.84. The van der Waals surface area contributed by atoms with Crippen LogP contribution in [0.15, 0.2) is 55.3 Å². The second-order valence-corrected chi connectivity index (χ2v) is 15.1. The van der Waals surface area contributed by atoms with Crippen LogP contribution in [0.3, 0.4) is 0 Å². The average Bonchev–Trinajstić information content (AvgIpc) is 4.05. The number of aliphatic hydroxyl groups excluding tert-OH is 1. The van der Waals surface area contributed by atoms with Crippen molar-refractivity contribution < 1.29 is 23.8 Å². The number of ether oxygens (including phenoxy) is 2. The fourth-order valence-corrected chi connectivity index (χ4v) is 7.85. The van der Waals surface area contributed by atoms with E-state index in [9.17, 15) is 9.90 Å². The van der Waals surface area contributed by atoms with Crippen molar-refractivity contribution in [2.75, 3.05) is 60.4 Å². The van der Waals surface area contributed by atoms with E-state index >= 15 is 4.39 Å². The maximum atomic E-state index is 15.0. The molecule has 316 valence electrons. The molecule has 0 radical (unpaired) electrons. The number of carbonyl (C=O) groups is 1. The number of piperidine rings is 1. The summed E-state index contributed by atoms with van der Waals surface area (Å²) in [6.07, 6.45) is 10.5. The molecular weight excluding hydrogens is 774 g/mol. The van der Waals surface area contributed by atoms with Crippen LogP contribution in [-0.4, -0.2) is 112 Å². The first-order valence-corrected chi connectivity index (χ1v) is 20.2. The molecule has 2 fully saturated rings. The van der Waals surface area contributed by atoms with Gasteiger partial charge in [-0.2, -0.15) is 19.6 Å². The van der Waals surface area contributed by atoms with Gasteiger partial charge in [-0.15, -0.1) is 5.10 Å². The lowest BCUT2D eigenvalue weighted by atomic mass is 9.98. The van der Waals surface area contributed by atoms with Crippen molar-refractivity contribution >= 4 is 51.8 Å². The van der Waals surface area contributed by atoms with E-state index in [4.69, 9.17) is 25.2 Å². The molecular formula is C40H50FN15O4. The Kier molecular flexibility index (Phi) is 11.6. The fraction of sp³-hybridized carbons (Fsp3) is 0.450. The molecule has 8 rings (SSSR count). The number of hydrogen-bond donors (Lipinski definition) is 4. The van der Waals surface area contributed by atoms with Crippen molar-refractivity contribution in [3.8, 4) is 11.8 Å². The Bertz CT molecular complexity index is 2480. The van der Waals surface area contributed by atoms with Crippen molar-refractivity contribution in [1.82, 2.24) is 48.9 Å². The van der Waals surface area contributed by atoms with Crippen LogP contribution in [0.5, 0.6) is 11.8 Å². The van der Waals surface area contributed by atoms with Crippen molar-refractivity contribution in [1.29, 1.82) is 0 Å². The van der Waals surface area contributed by atoms with E-state index in [1.54, 1.807) is 39.9 Å². The molecule has 2 saturated heterocycles. The Morgan fingerprint density at radius 1 is 1.13 bits per heavy atom. The van der Waals surface area contributed by atoms with Crippen LogP contribution in [0.25, 0.3) is 16.8 Å². The molecule has 8 heterocycles. The number of carbonyl (C=O) groups excluding carboxylic acids is 1. The summed E-state index contributed by atoms with van der Waals surface area (Å²) in [6, 6.07) is 6.10. The Balaban J connectivity index is 0.908. The predicted molar refractivity (Wildman–Crippen MR) is 223 cm³/mol. The van der Waals surface area contributed by atoms with Gasteiger partial charge in [-0.1, -0.05) is 19.6 Å². The minimum absolute atomic E-state index is 0.0243. The van der Waals surface area contributed by atoms with Gasteiger partial charge in [0.05, 0.1) is 38.9 Å². The summed E-state index contributed by atoms with van der Waals surface area (Å²) >= 11 is 0. The zero-order chi connectivity index (χ0) is 41.9. The quantitative estimate of drug-likeness (QED) is 0.0968. The van der Waals surface area contributed by atoms with E-state index < -0.39 is 18.0 Å². The van der Waals surface area contributed by atoms with Crippen LogP contribution in [0, 0.1) is 5.92 Å². The van der Waals surface area contributed by atoms with Crippen molar-refractivity contribution in [2.24, 2.45) is 18.7 Å². The number of pyridine rings is 1. The van der Waals surface area contributed by atoms with Crippen LogP contribution < -0.4 is 35.6 Å². The number of primary amides is 1. The molecule has 2 aliphatic rings. The number of nitrogens with zero attached hydrogens (tertiary/aromatic N) is 12. The smallest absolute Gasteiger partial charge is 0.256 e. The van der Waals surface area contributed by atoms with Gasteiger partial charge in [0.2, 0.25) is 17.7 Å². The highest BCUT2D eigenvalue weighted by Crippen LogP contribution is 2.34. The third-order valence-corrected chi connectivity index (χ3v) is 11.2. The van der Waals surface area contributed by atoms with Gasteiger partial charge in [0.1, 0.15) is 30.1 Å². The molecule has 6 aromatic heterocycles. The first-order valence-electron chi connectivity index (χ1n) is 20.2. The lowest BCUT2D eigenvalue weighted by Crippen LogP contribution is -2.40. The number of alkyl halides is 1. The number of aromatic nitrogens is 10. The zero-order valence-corrected chi connectivity index (χ0v) is 34.0. The van der Waals surface area contributed by atoms with Gasteiger partial charge in [0.25, 0.3) is 5.88 Å². The molecule has 20 heteroatoms. The fourth-order valence-electron chi connectivity index (χ4n) is 7.85. The molecule has 1 amide bonds. The number of aliphatic hydroxyl groups is 1. The van der Waals surface area contributed by atoms with E-state index in [2.05, 4.69) is 54.2 Å². The molecule has 5 N–H and O–H groups in total. The maximum Gasteiger partial charge on any atom is 0.256 e. The lowest BCUT2D eigenvalue weighted by Gasteiger charge is -2.36. The molecule has 0 aliphatic carbocycles. The number of halogens is 1. The predicted octanol–water partition coefficient (Wildman–Crippen LogP) is 3.56. The van der Waals surface area contributed by atoms with Gasteiger partial charge >= 0.3 is 0 Å². The van der Waals surface area contributed by atoms with E-state index in [1.807, 2.05) is 28.9 Å². The Hall–Kier alpha value is -6.57. The molecule has 6 aromatic rings. The molecule has 0 unspecified atom stereocenters. The Labute approximate surface area is 345 Å². The van der Waals surface area contributed by atoms with Crippen LogP contribution >= 0.6 is 0 Å². The molecule has 2 aliphatic heterocycles. The summed E-state index contributed by atoms with van der Waals surface area (Å²) in [7, 11) is 3.32. The van der Waals surface area contributed by atoms with Gasteiger partial charge in [0, 0.05) is 74.7 Å². The van der Waals surface area contributed by atoms with Crippen LogP contribution in [0.4, 0.5) is 33.5 Å². The zero-order valence-electron chi connectivity index (χ0n) is 34.0. The standard InChI is InChI=1S/C40H50FN15O4/c1-5-26-19-46-56-31(16-32(48-37(26)56)55-12-7-6-8-27(55)11-14-57)43-17-25-9-10-33(44-18-25)60-15-13-54-22-30(39(51-54)59-4)47-36-34-38(52(3)23-45-34)50-40(49-36)53-20-28(29(41)21-53)24(2)35(42)58/h9-10,16,18-19,22-23,27-29,43,57H,2,5-8,11-15,17,20-21H2,1,3-4H3,(H2,42,58)(H,47,49,50)/t27-,28-,29-/m0/s1. The second kappa shape index (κ2) is 17.3. The minimum Gasteiger partial charge on any atom is -0.478 e. The number of methoxy groups -OCH3 is 1. The molecule has 3 atom stereocenters. The van der Waals surface area contributed by atoms with Crippen molar-refractivity contribution in [3.63, 3.8) is 0 Å². The first-order chi connectivity index (χ1) is 29.1. The number of rotatable bonds is 17. The van der Waals surface area contributed by atoms with Crippen molar-refractivity contribution in [2.45, 2.75) is 64.3 Å². The van der Waals surface area contributed by atoms with Crippen molar-refractivity contribution in [3.05, 3.63) is 66.4 Å². The number of hydrogen-bond acceptors (Lipinski definition) is 15. The highest BCUT2D eigenvalue weighted by Gasteiger charge is 2.38. The molecule has 0 saturated carbocycles.